The molecule has 4 rings (SSSR count). The molecular formula is C21H19ClN2O3S. The third-order valence-corrected chi connectivity index (χ3v) is 6.94. The molecule has 28 heavy (non-hydrogen) atoms. The quantitative estimate of drug-likeness (QED) is 0.695. The molecule has 2 aromatic rings. The van der Waals surface area contributed by atoms with Gasteiger partial charge in [-0.05, 0) is 36.8 Å². The van der Waals surface area contributed by atoms with Gasteiger partial charge < -0.3 is 4.74 Å². The predicted molar refractivity (Wildman–Crippen MR) is 112 cm³/mol. The monoisotopic (exact) mass is 414 g/mol. The maximum atomic E-state index is 13.8. The lowest BCUT2D eigenvalue weighted by molar-refractivity contribution is -0.151. The number of benzene rings is 2. The summed E-state index contributed by atoms with van der Waals surface area (Å²) in [5.74, 6) is -0.0541. The van der Waals surface area contributed by atoms with E-state index in [9.17, 15) is 9.59 Å². The fraction of sp³-hybridized carbons (Fsp3) is 0.286. The topological polar surface area (TPSA) is 59.0 Å². The number of esters is 1. The zero-order valence-corrected chi connectivity index (χ0v) is 17.0. The van der Waals surface area contributed by atoms with E-state index in [1.807, 2.05) is 61.5 Å². The molecule has 1 fully saturated rings. The van der Waals surface area contributed by atoms with Gasteiger partial charge in [-0.1, -0.05) is 41.9 Å². The Morgan fingerprint density at radius 3 is 2.54 bits per heavy atom. The second-order valence-corrected chi connectivity index (χ2v) is 8.44. The van der Waals surface area contributed by atoms with Crippen molar-refractivity contribution in [1.29, 1.82) is 0 Å². The number of para-hydroxylation sites is 1. The molecule has 2 heterocycles. The number of ether oxygens (including phenoxy) is 1. The number of nitrogens with zero attached hydrogens (tertiary/aromatic N) is 2. The minimum Gasteiger partial charge on any atom is -0.460 e. The zero-order chi connectivity index (χ0) is 19.9. The molecular weight excluding hydrogens is 396 g/mol. The molecule has 0 radical (unpaired) electrons. The number of thioether (sulfide) groups is 1. The van der Waals surface area contributed by atoms with Crippen LogP contribution >= 0.6 is 23.4 Å². The molecule has 2 aliphatic rings. The van der Waals surface area contributed by atoms with Crippen molar-refractivity contribution in [1.82, 2.24) is 0 Å². The van der Waals surface area contributed by atoms with Crippen LogP contribution in [-0.2, 0) is 14.3 Å². The van der Waals surface area contributed by atoms with Gasteiger partial charge in [0.1, 0.15) is 11.5 Å². The fourth-order valence-corrected chi connectivity index (χ4v) is 5.82. The highest BCUT2D eigenvalue weighted by Gasteiger charge is 2.65. The van der Waals surface area contributed by atoms with Crippen molar-refractivity contribution in [3.05, 3.63) is 65.2 Å². The normalized spacial score (nSPS) is 26.6. The van der Waals surface area contributed by atoms with Crippen molar-refractivity contribution >= 4 is 46.6 Å². The van der Waals surface area contributed by atoms with Gasteiger partial charge in [0, 0.05) is 17.7 Å². The lowest BCUT2D eigenvalue weighted by Crippen LogP contribution is -2.50. The summed E-state index contributed by atoms with van der Waals surface area (Å²) in [5, 5.41) is 6.43. The summed E-state index contributed by atoms with van der Waals surface area (Å²) in [6.07, 6.45) is -0.583. The van der Waals surface area contributed by atoms with E-state index in [0.29, 0.717) is 22.2 Å². The molecule has 0 N–H and O–H groups in total. The summed E-state index contributed by atoms with van der Waals surface area (Å²) in [4.78, 5) is 25.5. The van der Waals surface area contributed by atoms with Crippen LogP contribution < -0.4 is 5.01 Å². The van der Waals surface area contributed by atoms with Crippen molar-refractivity contribution in [2.75, 3.05) is 10.8 Å². The highest BCUT2D eigenvalue weighted by molar-refractivity contribution is 8.00. The molecule has 3 atom stereocenters. The molecule has 1 spiro atoms. The van der Waals surface area contributed by atoms with Gasteiger partial charge in [-0.3, -0.25) is 9.59 Å². The Morgan fingerprint density at radius 2 is 1.89 bits per heavy atom. The smallest absolute Gasteiger partial charge is 0.302 e. The second-order valence-electron chi connectivity index (χ2n) is 6.87. The van der Waals surface area contributed by atoms with Crippen LogP contribution in [0.5, 0.6) is 0 Å². The average Bonchev–Trinajstić information content (AvgIpc) is 3.17. The lowest BCUT2D eigenvalue weighted by atomic mass is 9.73. The molecule has 5 nitrogen and oxygen atoms in total. The van der Waals surface area contributed by atoms with Crippen molar-refractivity contribution in [3.63, 3.8) is 0 Å². The van der Waals surface area contributed by atoms with Crippen molar-refractivity contribution in [3.8, 4) is 0 Å². The molecule has 2 aliphatic heterocycles. The lowest BCUT2D eigenvalue weighted by Gasteiger charge is -2.33. The Hall–Kier alpha value is -2.31. The van der Waals surface area contributed by atoms with Crippen LogP contribution in [0.15, 0.2) is 59.7 Å². The number of hydrogen-bond donors (Lipinski definition) is 0. The SMILES string of the molecule is CC(=O)O[C@H]1CS[C@@H](c2ccc(Cl)cc2)[C@]12C(=O)N(c1ccccc1)N=C2C. The molecule has 1 saturated heterocycles. The Bertz CT molecular complexity index is 948. The first-order valence-corrected chi connectivity index (χ1v) is 10.4. The van der Waals surface area contributed by atoms with Crippen LogP contribution in [0.25, 0.3) is 0 Å². The number of hydrazone groups is 1. The molecule has 144 valence electrons. The van der Waals surface area contributed by atoms with Gasteiger partial charge in [0.15, 0.2) is 0 Å². The number of rotatable bonds is 3. The molecule has 0 aromatic heterocycles. The highest BCUT2D eigenvalue weighted by Crippen LogP contribution is 2.58. The van der Waals surface area contributed by atoms with Gasteiger partial charge in [0.25, 0.3) is 5.91 Å². The molecule has 0 saturated carbocycles. The van der Waals surface area contributed by atoms with Crippen LogP contribution in [0.1, 0.15) is 24.7 Å². The van der Waals surface area contributed by atoms with E-state index < -0.39 is 17.5 Å². The van der Waals surface area contributed by atoms with E-state index >= 15 is 0 Å². The van der Waals surface area contributed by atoms with Gasteiger partial charge in [-0.15, -0.1) is 11.8 Å². The van der Waals surface area contributed by atoms with Crippen LogP contribution in [0.2, 0.25) is 5.02 Å². The van der Waals surface area contributed by atoms with E-state index in [0.717, 1.165) is 5.56 Å². The van der Waals surface area contributed by atoms with Crippen LogP contribution in [-0.4, -0.2) is 29.4 Å². The van der Waals surface area contributed by atoms with Gasteiger partial charge >= 0.3 is 5.97 Å². The predicted octanol–water partition coefficient (Wildman–Crippen LogP) is 4.47. The van der Waals surface area contributed by atoms with E-state index in [1.54, 1.807) is 11.8 Å². The second kappa shape index (κ2) is 7.26. The van der Waals surface area contributed by atoms with Gasteiger partial charge in [-0.25, -0.2) is 0 Å². The maximum absolute atomic E-state index is 13.8. The van der Waals surface area contributed by atoms with Crippen LogP contribution in [0, 0.1) is 5.41 Å². The Labute approximate surface area is 172 Å². The number of hydrogen-bond acceptors (Lipinski definition) is 5. The first-order chi connectivity index (χ1) is 13.4. The number of carbonyl (C=O) groups excluding carboxylic acids is 2. The Balaban J connectivity index is 1.82. The van der Waals surface area contributed by atoms with Crippen LogP contribution in [0.4, 0.5) is 5.69 Å². The van der Waals surface area contributed by atoms with E-state index in [4.69, 9.17) is 16.3 Å². The largest absolute Gasteiger partial charge is 0.460 e. The third kappa shape index (κ3) is 2.91. The number of anilines is 1. The van der Waals surface area contributed by atoms with Gasteiger partial charge in [-0.2, -0.15) is 10.1 Å². The molecule has 2 aromatic carbocycles. The zero-order valence-electron chi connectivity index (χ0n) is 15.5. The Morgan fingerprint density at radius 1 is 1.21 bits per heavy atom. The summed E-state index contributed by atoms with van der Waals surface area (Å²) in [7, 11) is 0. The van der Waals surface area contributed by atoms with Crippen LogP contribution in [0.3, 0.4) is 0 Å². The molecule has 1 amide bonds. The van der Waals surface area contributed by atoms with E-state index in [1.165, 1.54) is 11.9 Å². The molecule has 0 unspecified atom stereocenters. The first-order valence-electron chi connectivity index (χ1n) is 8.94. The standard InChI is InChI=1S/C21H19ClN2O3S/c1-13-21(20(26)24(23-13)17-6-4-3-5-7-17)18(27-14(2)25)12-28-19(21)15-8-10-16(22)11-9-15/h3-11,18-19H,12H2,1-2H3/t18-,19-,21+/m0/s1. The highest BCUT2D eigenvalue weighted by atomic mass is 35.5. The number of halogens is 1. The molecule has 0 bridgehead atoms. The third-order valence-electron chi connectivity index (χ3n) is 5.21. The average molecular weight is 415 g/mol. The minimum absolute atomic E-state index is 0.174. The van der Waals surface area contributed by atoms with E-state index in [-0.39, 0.29) is 11.2 Å². The summed E-state index contributed by atoms with van der Waals surface area (Å²) in [6, 6.07) is 16.8. The molecule has 7 heteroatoms. The summed E-state index contributed by atoms with van der Waals surface area (Å²) >= 11 is 7.66. The van der Waals surface area contributed by atoms with Gasteiger partial charge in [0.2, 0.25) is 0 Å². The van der Waals surface area contributed by atoms with Crippen molar-refractivity contribution in [2.45, 2.75) is 25.2 Å². The molecule has 0 aliphatic carbocycles. The number of carbonyl (C=O) groups is 2. The Kier molecular flexibility index (Phi) is 4.93. The van der Waals surface area contributed by atoms with Gasteiger partial charge in [0.05, 0.1) is 16.6 Å². The van der Waals surface area contributed by atoms with Crippen molar-refractivity contribution < 1.29 is 14.3 Å². The van der Waals surface area contributed by atoms with Crippen molar-refractivity contribution in [2.24, 2.45) is 10.5 Å². The summed E-state index contributed by atoms with van der Waals surface area (Å²) in [5.41, 5.74) is 1.26. The minimum atomic E-state index is -1.04. The maximum Gasteiger partial charge on any atom is 0.302 e. The summed E-state index contributed by atoms with van der Waals surface area (Å²) < 4.78 is 5.64. The fourth-order valence-electron chi connectivity index (χ4n) is 3.96. The first kappa shape index (κ1) is 19.0. The van der Waals surface area contributed by atoms with E-state index in [2.05, 4.69) is 5.10 Å². The summed E-state index contributed by atoms with van der Waals surface area (Å²) in [6.45, 7) is 3.21. The number of amides is 1.